The first-order chi connectivity index (χ1) is 13.0. The van der Waals surface area contributed by atoms with Gasteiger partial charge in [-0.1, -0.05) is 13.8 Å². The highest BCUT2D eigenvalue weighted by Gasteiger charge is 2.28. The van der Waals surface area contributed by atoms with Crippen LogP contribution in [0.4, 0.5) is 0 Å². The maximum absolute atomic E-state index is 13.1. The van der Waals surface area contributed by atoms with Crippen molar-refractivity contribution in [1.29, 1.82) is 0 Å². The topological polar surface area (TPSA) is 79.7 Å². The molecule has 0 saturated heterocycles. The maximum atomic E-state index is 13.1. The van der Waals surface area contributed by atoms with Gasteiger partial charge in [-0.15, -0.1) is 0 Å². The predicted octanol–water partition coefficient (Wildman–Crippen LogP) is 2.94. The molecule has 1 amide bonds. The number of hydrogen-bond donors (Lipinski definition) is 1. The highest BCUT2D eigenvalue weighted by molar-refractivity contribution is 5.80. The molecule has 140 valence electrons. The molecule has 7 nitrogen and oxygen atoms in total. The van der Waals surface area contributed by atoms with E-state index < -0.39 is 0 Å². The average Bonchev–Trinajstić information content (AvgIpc) is 3.34. The van der Waals surface area contributed by atoms with Crippen LogP contribution in [0.1, 0.15) is 49.9 Å². The van der Waals surface area contributed by atoms with Crippen molar-refractivity contribution < 1.29 is 4.79 Å². The molecule has 0 fully saturated rings. The van der Waals surface area contributed by atoms with Crippen LogP contribution in [0.15, 0.2) is 36.9 Å². The van der Waals surface area contributed by atoms with Gasteiger partial charge in [-0.3, -0.25) is 9.78 Å². The number of hydrogen-bond acceptors (Lipinski definition) is 4. The van der Waals surface area contributed by atoms with Gasteiger partial charge in [0.25, 0.3) is 0 Å². The first kappa shape index (κ1) is 17.5. The number of rotatable bonds is 4. The van der Waals surface area contributed by atoms with Gasteiger partial charge in [0.15, 0.2) is 0 Å². The van der Waals surface area contributed by atoms with Gasteiger partial charge in [0.2, 0.25) is 5.91 Å². The standard InChI is InChI=1S/C20H24N6O/c1-13(2)19-22-8-10-26(19)14(3)20(27)25-9-6-16-17(12-25)24-18(23-16)15-5-4-7-21-11-15/h4-5,7-8,10-11,13-14H,6,9,12H2,1-3H3,(H,23,24)/t14-/m0/s1. The Morgan fingerprint density at radius 3 is 2.85 bits per heavy atom. The van der Waals surface area contributed by atoms with Gasteiger partial charge < -0.3 is 14.5 Å². The third kappa shape index (κ3) is 3.25. The first-order valence-electron chi connectivity index (χ1n) is 9.34. The van der Waals surface area contributed by atoms with E-state index in [-0.39, 0.29) is 17.9 Å². The Morgan fingerprint density at radius 2 is 2.11 bits per heavy atom. The van der Waals surface area contributed by atoms with Crippen LogP contribution >= 0.6 is 0 Å². The van der Waals surface area contributed by atoms with E-state index in [1.807, 2.05) is 34.7 Å². The summed E-state index contributed by atoms with van der Waals surface area (Å²) in [6.07, 6.45) is 7.95. The SMILES string of the molecule is CC(C)c1nccn1[C@@H](C)C(=O)N1CCc2nc(-c3cccnc3)[nH]c2C1. The van der Waals surface area contributed by atoms with Crippen molar-refractivity contribution in [2.45, 2.75) is 45.7 Å². The van der Waals surface area contributed by atoms with Crippen LogP contribution in [0.3, 0.4) is 0 Å². The molecule has 4 heterocycles. The van der Waals surface area contributed by atoms with Gasteiger partial charge in [-0.2, -0.15) is 0 Å². The summed E-state index contributed by atoms with van der Waals surface area (Å²) in [5.74, 6) is 2.14. The van der Waals surface area contributed by atoms with E-state index in [4.69, 9.17) is 4.98 Å². The average molecular weight is 364 g/mol. The molecule has 1 atom stereocenters. The quantitative estimate of drug-likeness (QED) is 0.772. The molecule has 0 aliphatic carbocycles. The van der Waals surface area contributed by atoms with Crippen LogP contribution < -0.4 is 0 Å². The Balaban J connectivity index is 1.53. The van der Waals surface area contributed by atoms with Crippen LogP contribution in [0.5, 0.6) is 0 Å². The summed E-state index contributed by atoms with van der Waals surface area (Å²) in [6, 6.07) is 3.60. The van der Waals surface area contributed by atoms with Crippen molar-refractivity contribution >= 4 is 5.91 Å². The minimum absolute atomic E-state index is 0.109. The molecule has 1 aliphatic rings. The van der Waals surface area contributed by atoms with Crippen molar-refractivity contribution in [3.8, 4) is 11.4 Å². The van der Waals surface area contributed by atoms with Crippen LogP contribution in [0.25, 0.3) is 11.4 Å². The summed E-state index contributed by atoms with van der Waals surface area (Å²) in [5.41, 5.74) is 3.00. The summed E-state index contributed by atoms with van der Waals surface area (Å²) >= 11 is 0. The van der Waals surface area contributed by atoms with Crippen LogP contribution in [-0.4, -0.2) is 41.9 Å². The highest BCUT2D eigenvalue weighted by atomic mass is 16.2. The van der Waals surface area contributed by atoms with Gasteiger partial charge in [-0.05, 0) is 19.1 Å². The molecule has 0 radical (unpaired) electrons. The number of carbonyl (C=O) groups excluding carboxylic acids is 1. The van der Waals surface area contributed by atoms with E-state index in [0.717, 1.165) is 35.0 Å². The number of carbonyl (C=O) groups is 1. The molecule has 0 bridgehead atoms. The molecule has 1 aliphatic heterocycles. The van der Waals surface area contributed by atoms with Gasteiger partial charge >= 0.3 is 0 Å². The summed E-state index contributed by atoms with van der Waals surface area (Å²) < 4.78 is 1.98. The van der Waals surface area contributed by atoms with Crippen molar-refractivity contribution in [1.82, 2.24) is 29.4 Å². The molecule has 7 heteroatoms. The summed E-state index contributed by atoms with van der Waals surface area (Å²) in [4.78, 5) is 31.6. The minimum atomic E-state index is -0.271. The van der Waals surface area contributed by atoms with E-state index in [2.05, 4.69) is 28.8 Å². The number of amides is 1. The zero-order valence-electron chi connectivity index (χ0n) is 15.9. The van der Waals surface area contributed by atoms with Crippen LogP contribution in [-0.2, 0) is 17.8 Å². The monoisotopic (exact) mass is 364 g/mol. The van der Waals surface area contributed by atoms with E-state index in [1.165, 1.54) is 0 Å². The number of nitrogens with zero attached hydrogens (tertiary/aromatic N) is 5. The van der Waals surface area contributed by atoms with Gasteiger partial charge in [-0.25, -0.2) is 9.97 Å². The molecule has 27 heavy (non-hydrogen) atoms. The lowest BCUT2D eigenvalue weighted by molar-refractivity contribution is -0.135. The van der Waals surface area contributed by atoms with Crippen molar-refractivity contribution in [3.63, 3.8) is 0 Å². The molecular formula is C20H24N6O. The fraction of sp³-hybridized carbons (Fsp3) is 0.400. The van der Waals surface area contributed by atoms with E-state index in [1.54, 1.807) is 18.6 Å². The number of aromatic nitrogens is 5. The third-order valence-corrected chi connectivity index (χ3v) is 5.07. The molecular weight excluding hydrogens is 340 g/mol. The second-order valence-electron chi connectivity index (χ2n) is 7.29. The highest BCUT2D eigenvalue weighted by Crippen LogP contribution is 2.25. The molecule has 0 unspecified atom stereocenters. The largest absolute Gasteiger partial charge is 0.340 e. The molecule has 4 rings (SSSR count). The smallest absolute Gasteiger partial charge is 0.245 e. The second kappa shape index (κ2) is 6.98. The summed E-state index contributed by atoms with van der Waals surface area (Å²) in [5, 5.41) is 0. The Kier molecular flexibility index (Phi) is 4.51. The normalized spacial score (nSPS) is 15.0. The van der Waals surface area contributed by atoms with Gasteiger partial charge in [0, 0.05) is 49.2 Å². The Morgan fingerprint density at radius 1 is 1.26 bits per heavy atom. The summed E-state index contributed by atoms with van der Waals surface area (Å²) in [7, 11) is 0. The summed E-state index contributed by atoms with van der Waals surface area (Å²) in [6.45, 7) is 7.36. The Labute approximate surface area is 158 Å². The first-order valence-corrected chi connectivity index (χ1v) is 9.34. The van der Waals surface area contributed by atoms with Gasteiger partial charge in [0.1, 0.15) is 17.7 Å². The van der Waals surface area contributed by atoms with Crippen LogP contribution in [0, 0.1) is 0 Å². The van der Waals surface area contributed by atoms with Crippen molar-refractivity contribution in [2.75, 3.05) is 6.54 Å². The Hall–Kier alpha value is -2.96. The van der Waals surface area contributed by atoms with E-state index in [9.17, 15) is 4.79 Å². The van der Waals surface area contributed by atoms with Crippen molar-refractivity contribution in [3.05, 3.63) is 54.1 Å². The Bertz CT molecular complexity index is 943. The number of H-pyrrole nitrogens is 1. The maximum Gasteiger partial charge on any atom is 0.245 e. The van der Waals surface area contributed by atoms with E-state index >= 15 is 0 Å². The fourth-order valence-electron chi connectivity index (χ4n) is 3.60. The molecule has 1 N–H and O–H groups in total. The van der Waals surface area contributed by atoms with Crippen LogP contribution in [0.2, 0.25) is 0 Å². The second-order valence-corrected chi connectivity index (χ2v) is 7.29. The number of fused-ring (bicyclic) bond motifs is 1. The fourth-order valence-corrected chi connectivity index (χ4v) is 3.60. The minimum Gasteiger partial charge on any atom is -0.340 e. The number of aromatic amines is 1. The number of nitrogens with one attached hydrogen (secondary N) is 1. The van der Waals surface area contributed by atoms with Crippen molar-refractivity contribution in [2.24, 2.45) is 0 Å². The molecule has 0 saturated carbocycles. The zero-order chi connectivity index (χ0) is 19.0. The molecule has 3 aromatic rings. The number of imidazole rings is 2. The third-order valence-electron chi connectivity index (χ3n) is 5.07. The lowest BCUT2D eigenvalue weighted by Crippen LogP contribution is -2.40. The molecule has 0 spiro atoms. The predicted molar refractivity (Wildman–Crippen MR) is 102 cm³/mol. The molecule has 0 aromatic carbocycles. The number of pyridine rings is 1. The van der Waals surface area contributed by atoms with E-state index in [0.29, 0.717) is 13.1 Å². The molecule has 3 aromatic heterocycles. The van der Waals surface area contributed by atoms with Gasteiger partial charge in [0.05, 0.1) is 17.9 Å². The lowest BCUT2D eigenvalue weighted by Gasteiger charge is -2.29. The lowest BCUT2D eigenvalue weighted by atomic mass is 10.1. The zero-order valence-corrected chi connectivity index (χ0v) is 15.9.